The van der Waals surface area contributed by atoms with Gasteiger partial charge in [-0.25, -0.2) is 4.99 Å². The van der Waals surface area contributed by atoms with Crippen molar-refractivity contribution in [1.29, 1.82) is 0 Å². The molecule has 1 fully saturated rings. The molecule has 1 aromatic heterocycles. The number of aryl methyl sites for hydroxylation is 2. The van der Waals surface area contributed by atoms with Gasteiger partial charge < -0.3 is 10.6 Å². The third-order valence-corrected chi connectivity index (χ3v) is 5.83. The van der Waals surface area contributed by atoms with Crippen molar-refractivity contribution in [1.82, 2.24) is 30.2 Å². The second-order valence-corrected chi connectivity index (χ2v) is 8.00. The van der Waals surface area contributed by atoms with Crippen LogP contribution in [-0.2, 0) is 20.1 Å². The van der Waals surface area contributed by atoms with E-state index in [0.717, 1.165) is 64.0 Å². The van der Waals surface area contributed by atoms with Crippen LogP contribution in [0.3, 0.4) is 0 Å². The number of rotatable bonds is 8. The molecule has 1 aliphatic rings. The quantitative estimate of drug-likeness (QED) is 0.513. The standard InChI is InChI=1S/C23H37N7/c1-5-24-23(26-17-22-19(2)27-28(4)20(22)3)25-11-12-29-13-15-30(16-14-29)18-21-9-7-6-8-10-21/h6-10H,5,11-18H2,1-4H3,(H2,24,25,26). The van der Waals surface area contributed by atoms with E-state index in [-0.39, 0.29) is 0 Å². The number of piperazine rings is 1. The largest absolute Gasteiger partial charge is 0.357 e. The van der Waals surface area contributed by atoms with Crippen molar-refractivity contribution in [3.8, 4) is 0 Å². The zero-order valence-corrected chi connectivity index (χ0v) is 19.0. The second-order valence-electron chi connectivity index (χ2n) is 8.00. The summed E-state index contributed by atoms with van der Waals surface area (Å²) in [5.41, 5.74) is 4.85. The van der Waals surface area contributed by atoms with Gasteiger partial charge in [-0.3, -0.25) is 14.5 Å². The maximum absolute atomic E-state index is 4.77. The van der Waals surface area contributed by atoms with Gasteiger partial charge in [0, 0.05) is 70.7 Å². The van der Waals surface area contributed by atoms with Gasteiger partial charge in [0.05, 0.1) is 12.2 Å². The van der Waals surface area contributed by atoms with Gasteiger partial charge in [-0.1, -0.05) is 30.3 Å². The van der Waals surface area contributed by atoms with Crippen LogP contribution in [0.2, 0.25) is 0 Å². The Kier molecular flexibility index (Phi) is 8.28. The van der Waals surface area contributed by atoms with Crippen LogP contribution in [0.4, 0.5) is 0 Å². The van der Waals surface area contributed by atoms with E-state index in [2.05, 4.69) is 76.6 Å². The van der Waals surface area contributed by atoms with Crippen LogP contribution in [0.5, 0.6) is 0 Å². The molecule has 0 radical (unpaired) electrons. The topological polar surface area (TPSA) is 60.7 Å². The van der Waals surface area contributed by atoms with Crippen molar-refractivity contribution in [2.45, 2.75) is 33.9 Å². The van der Waals surface area contributed by atoms with Crippen LogP contribution in [0.25, 0.3) is 0 Å². The summed E-state index contributed by atoms with van der Waals surface area (Å²) >= 11 is 0. The SMILES string of the molecule is CCNC(=NCc1c(C)nn(C)c1C)NCCN1CCN(Cc2ccccc2)CC1. The molecule has 1 saturated heterocycles. The van der Waals surface area contributed by atoms with Gasteiger partial charge in [0.15, 0.2) is 5.96 Å². The molecule has 30 heavy (non-hydrogen) atoms. The molecule has 7 nitrogen and oxygen atoms in total. The third-order valence-electron chi connectivity index (χ3n) is 5.83. The van der Waals surface area contributed by atoms with Gasteiger partial charge >= 0.3 is 0 Å². The molecule has 0 saturated carbocycles. The Morgan fingerprint density at radius 3 is 2.37 bits per heavy atom. The Hall–Kier alpha value is -2.38. The minimum atomic E-state index is 0.652. The number of benzene rings is 1. The van der Waals surface area contributed by atoms with Crippen LogP contribution < -0.4 is 10.6 Å². The van der Waals surface area contributed by atoms with E-state index < -0.39 is 0 Å². The lowest BCUT2D eigenvalue weighted by Crippen LogP contribution is -2.49. The first kappa shape index (κ1) is 22.3. The summed E-state index contributed by atoms with van der Waals surface area (Å²) in [4.78, 5) is 9.85. The molecule has 0 amide bonds. The van der Waals surface area contributed by atoms with Crippen molar-refractivity contribution in [3.05, 3.63) is 52.8 Å². The number of nitrogens with zero attached hydrogens (tertiary/aromatic N) is 5. The number of aliphatic imine (C=N–C) groups is 1. The maximum Gasteiger partial charge on any atom is 0.191 e. The summed E-state index contributed by atoms with van der Waals surface area (Å²) in [6.45, 7) is 15.2. The summed E-state index contributed by atoms with van der Waals surface area (Å²) in [6, 6.07) is 10.8. The summed E-state index contributed by atoms with van der Waals surface area (Å²) in [5.74, 6) is 0.878. The molecule has 1 aliphatic heterocycles. The van der Waals surface area contributed by atoms with Crippen LogP contribution in [0, 0.1) is 13.8 Å². The molecule has 2 aromatic rings. The van der Waals surface area contributed by atoms with Crippen LogP contribution in [-0.4, -0.2) is 71.4 Å². The number of aromatic nitrogens is 2. The van der Waals surface area contributed by atoms with Gasteiger partial charge in [-0.15, -0.1) is 0 Å². The van der Waals surface area contributed by atoms with Gasteiger partial charge in [0.25, 0.3) is 0 Å². The summed E-state index contributed by atoms with van der Waals surface area (Å²) in [7, 11) is 1.98. The van der Waals surface area contributed by atoms with E-state index in [1.54, 1.807) is 0 Å². The van der Waals surface area contributed by atoms with E-state index in [1.165, 1.54) is 16.8 Å². The lowest BCUT2D eigenvalue weighted by Gasteiger charge is -2.34. The fourth-order valence-corrected chi connectivity index (χ4v) is 3.89. The summed E-state index contributed by atoms with van der Waals surface area (Å²) in [5, 5.41) is 11.3. The predicted molar refractivity (Wildman–Crippen MR) is 124 cm³/mol. The van der Waals surface area contributed by atoms with Crippen LogP contribution in [0.15, 0.2) is 35.3 Å². The third kappa shape index (κ3) is 6.31. The monoisotopic (exact) mass is 411 g/mol. The zero-order valence-electron chi connectivity index (χ0n) is 19.0. The molecular weight excluding hydrogens is 374 g/mol. The fourth-order valence-electron chi connectivity index (χ4n) is 3.89. The van der Waals surface area contributed by atoms with Crippen molar-refractivity contribution in [2.75, 3.05) is 45.8 Å². The predicted octanol–water partition coefficient (Wildman–Crippen LogP) is 1.91. The lowest BCUT2D eigenvalue weighted by molar-refractivity contribution is 0.129. The first-order chi connectivity index (χ1) is 14.6. The number of guanidine groups is 1. The van der Waals surface area contributed by atoms with Crippen LogP contribution >= 0.6 is 0 Å². The lowest BCUT2D eigenvalue weighted by atomic mass is 10.2. The molecule has 0 aliphatic carbocycles. The first-order valence-electron chi connectivity index (χ1n) is 11.1. The molecule has 2 N–H and O–H groups in total. The first-order valence-corrected chi connectivity index (χ1v) is 11.1. The Morgan fingerprint density at radius 1 is 1.03 bits per heavy atom. The average Bonchev–Trinajstić information content (AvgIpc) is 2.99. The molecule has 7 heteroatoms. The highest BCUT2D eigenvalue weighted by Crippen LogP contribution is 2.13. The summed E-state index contributed by atoms with van der Waals surface area (Å²) < 4.78 is 1.93. The Balaban J connectivity index is 1.41. The van der Waals surface area contributed by atoms with Crippen molar-refractivity contribution >= 4 is 5.96 Å². The molecule has 0 spiro atoms. The molecule has 164 valence electrons. The normalized spacial score (nSPS) is 16.1. The second kappa shape index (κ2) is 11.1. The molecule has 0 unspecified atom stereocenters. The van der Waals surface area contributed by atoms with Gasteiger partial charge in [0.1, 0.15) is 0 Å². The Morgan fingerprint density at radius 2 is 1.73 bits per heavy atom. The van der Waals surface area contributed by atoms with Crippen molar-refractivity contribution in [3.63, 3.8) is 0 Å². The van der Waals surface area contributed by atoms with E-state index in [4.69, 9.17) is 4.99 Å². The molecule has 3 rings (SSSR count). The minimum absolute atomic E-state index is 0.652. The highest BCUT2D eigenvalue weighted by Gasteiger charge is 2.16. The van der Waals surface area contributed by atoms with E-state index in [9.17, 15) is 0 Å². The molecule has 0 bridgehead atoms. The van der Waals surface area contributed by atoms with Crippen molar-refractivity contribution in [2.24, 2.45) is 12.0 Å². The van der Waals surface area contributed by atoms with Crippen LogP contribution in [0.1, 0.15) is 29.4 Å². The van der Waals surface area contributed by atoms with Gasteiger partial charge in [-0.2, -0.15) is 5.10 Å². The van der Waals surface area contributed by atoms with Gasteiger partial charge in [0.2, 0.25) is 0 Å². The van der Waals surface area contributed by atoms with E-state index in [0.29, 0.717) is 6.54 Å². The highest BCUT2D eigenvalue weighted by molar-refractivity contribution is 5.79. The molecule has 0 atom stereocenters. The number of nitrogens with one attached hydrogen (secondary N) is 2. The Labute approximate surface area is 181 Å². The zero-order chi connectivity index (χ0) is 21.3. The smallest absolute Gasteiger partial charge is 0.191 e. The van der Waals surface area contributed by atoms with E-state index >= 15 is 0 Å². The molecule has 2 heterocycles. The van der Waals surface area contributed by atoms with E-state index in [1.807, 2.05) is 11.7 Å². The molecule has 1 aromatic carbocycles. The van der Waals surface area contributed by atoms with Gasteiger partial charge in [-0.05, 0) is 26.3 Å². The summed E-state index contributed by atoms with van der Waals surface area (Å²) in [6.07, 6.45) is 0. The maximum atomic E-state index is 4.77. The molecular formula is C23H37N7. The highest BCUT2D eigenvalue weighted by atomic mass is 15.3. The fraction of sp³-hybridized carbons (Fsp3) is 0.565. The van der Waals surface area contributed by atoms with Crippen molar-refractivity contribution < 1.29 is 0 Å². The average molecular weight is 412 g/mol. The minimum Gasteiger partial charge on any atom is -0.357 e. The number of hydrogen-bond acceptors (Lipinski definition) is 4. The number of hydrogen-bond donors (Lipinski definition) is 2. The Bertz CT molecular complexity index is 804.